The van der Waals surface area contributed by atoms with E-state index in [-0.39, 0.29) is 17.7 Å². The van der Waals surface area contributed by atoms with Crippen molar-refractivity contribution in [1.82, 2.24) is 4.90 Å². The third-order valence-electron chi connectivity index (χ3n) is 4.55. The van der Waals surface area contributed by atoms with E-state index in [1.165, 1.54) is 0 Å². The molecule has 2 aromatic rings. The summed E-state index contributed by atoms with van der Waals surface area (Å²) in [7, 11) is 0. The lowest BCUT2D eigenvalue weighted by atomic mass is 9.93. The SMILES string of the molecule is CCC[C@@H](C(=O)Nc1ccc(C(=O)N(CC)CC)cc1)c1ccccc1. The number of hydrogen-bond donors (Lipinski definition) is 1. The second-order valence-corrected chi connectivity index (χ2v) is 6.30. The van der Waals surface area contributed by atoms with Gasteiger partial charge in [0.1, 0.15) is 0 Å². The summed E-state index contributed by atoms with van der Waals surface area (Å²) >= 11 is 0. The molecule has 0 aliphatic heterocycles. The second-order valence-electron chi connectivity index (χ2n) is 6.30. The number of carbonyl (C=O) groups is 2. The third-order valence-corrected chi connectivity index (χ3v) is 4.55. The minimum absolute atomic E-state index is 0.0131. The quantitative estimate of drug-likeness (QED) is 0.749. The zero-order chi connectivity index (χ0) is 18.9. The second kappa shape index (κ2) is 9.76. The molecule has 1 atom stereocenters. The molecule has 4 heteroatoms. The fourth-order valence-electron chi connectivity index (χ4n) is 3.04. The van der Waals surface area contributed by atoms with E-state index in [4.69, 9.17) is 0 Å². The standard InChI is InChI=1S/C22H28N2O2/c1-4-10-20(17-11-8-7-9-12-17)21(25)23-19-15-13-18(14-16-19)22(26)24(5-2)6-3/h7-9,11-16,20H,4-6,10H2,1-3H3,(H,23,25)/t20-/m1/s1. The summed E-state index contributed by atoms with van der Waals surface area (Å²) in [6, 6.07) is 17.0. The molecule has 0 heterocycles. The highest BCUT2D eigenvalue weighted by Gasteiger charge is 2.20. The summed E-state index contributed by atoms with van der Waals surface area (Å²) in [5.41, 5.74) is 2.38. The lowest BCUT2D eigenvalue weighted by Gasteiger charge is -2.19. The van der Waals surface area contributed by atoms with Gasteiger partial charge in [-0.3, -0.25) is 9.59 Å². The predicted octanol–water partition coefficient (Wildman–Crippen LogP) is 4.69. The predicted molar refractivity (Wildman–Crippen MR) is 106 cm³/mol. The number of rotatable bonds is 8. The molecule has 2 aromatic carbocycles. The van der Waals surface area contributed by atoms with Gasteiger partial charge in [0.2, 0.25) is 5.91 Å². The Balaban J connectivity index is 2.09. The van der Waals surface area contributed by atoms with E-state index in [2.05, 4.69) is 12.2 Å². The van der Waals surface area contributed by atoms with E-state index in [0.29, 0.717) is 24.3 Å². The van der Waals surface area contributed by atoms with Crippen molar-refractivity contribution in [3.05, 3.63) is 65.7 Å². The first-order valence-corrected chi connectivity index (χ1v) is 9.35. The van der Waals surface area contributed by atoms with Crippen LogP contribution in [0.4, 0.5) is 5.69 Å². The highest BCUT2D eigenvalue weighted by atomic mass is 16.2. The van der Waals surface area contributed by atoms with Gasteiger partial charge in [0.15, 0.2) is 0 Å². The first kappa shape index (κ1) is 19.7. The smallest absolute Gasteiger partial charge is 0.253 e. The molecule has 0 fully saturated rings. The number of anilines is 1. The maximum Gasteiger partial charge on any atom is 0.253 e. The fraction of sp³-hybridized carbons (Fsp3) is 0.364. The monoisotopic (exact) mass is 352 g/mol. The first-order valence-electron chi connectivity index (χ1n) is 9.35. The van der Waals surface area contributed by atoms with Crippen LogP contribution in [0.2, 0.25) is 0 Å². The molecule has 0 aliphatic rings. The molecule has 0 aliphatic carbocycles. The van der Waals surface area contributed by atoms with Crippen LogP contribution in [0.1, 0.15) is 55.5 Å². The zero-order valence-electron chi connectivity index (χ0n) is 15.9. The molecule has 0 radical (unpaired) electrons. The molecule has 4 nitrogen and oxygen atoms in total. The van der Waals surface area contributed by atoms with Crippen LogP contribution in [0.25, 0.3) is 0 Å². The van der Waals surface area contributed by atoms with Gasteiger partial charge in [-0.2, -0.15) is 0 Å². The summed E-state index contributed by atoms with van der Waals surface area (Å²) in [6.45, 7) is 7.38. The number of amides is 2. The number of hydrogen-bond acceptors (Lipinski definition) is 2. The van der Waals surface area contributed by atoms with Crippen LogP contribution in [-0.4, -0.2) is 29.8 Å². The third kappa shape index (κ3) is 4.94. The molecule has 0 saturated heterocycles. The van der Waals surface area contributed by atoms with Crippen molar-refractivity contribution in [3.8, 4) is 0 Å². The highest BCUT2D eigenvalue weighted by Crippen LogP contribution is 2.23. The van der Waals surface area contributed by atoms with Gasteiger partial charge in [-0.15, -0.1) is 0 Å². The van der Waals surface area contributed by atoms with Gasteiger partial charge in [-0.05, 0) is 50.1 Å². The van der Waals surface area contributed by atoms with Crippen molar-refractivity contribution >= 4 is 17.5 Å². The normalized spacial score (nSPS) is 11.7. The topological polar surface area (TPSA) is 49.4 Å². The lowest BCUT2D eigenvalue weighted by molar-refractivity contribution is -0.117. The van der Waals surface area contributed by atoms with E-state index in [1.54, 1.807) is 29.2 Å². The highest BCUT2D eigenvalue weighted by molar-refractivity contribution is 5.97. The minimum Gasteiger partial charge on any atom is -0.339 e. The van der Waals surface area contributed by atoms with Gasteiger partial charge >= 0.3 is 0 Å². The van der Waals surface area contributed by atoms with E-state index >= 15 is 0 Å². The van der Waals surface area contributed by atoms with Crippen LogP contribution in [0, 0.1) is 0 Å². The van der Waals surface area contributed by atoms with Gasteiger partial charge in [-0.25, -0.2) is 0 Å². The largest absolute Gasteiger partial charge is 0.339 e. The van der Waals surface area contributed by atoms with Crippen molar-refractivity contribution in [3.63, 3.8) is 0 Å². The Morgan fingerprint density at radius 1 is 0.923 bits per heavy atom. The Morgan fingerprint density at radius 2 is 1.54 bits per heavy atom. The van der Waals surface area contributed by atoms with E-state index < -0.39 is 0 Å². The Bertz CT molecular complexity index is 707. The first-order chi connectivity index (χ1) is 12.6. The van der Waals surface area contributed by atoms with Crippen LogP contribution in [0.5, 0.6) is 0 Å². The Kier molecular flexibility index (Phi) is 7.39. The average Bonchev–Trinajstić information content (AvgIpc) is 2.68. The molecule has 0 spiro atoms. The van der Waals surface area contributed by atoms with Gasteiger partial charge in [-0.1, -0.05) is 43.7 Å². The molecule has 0 unspecified atom stereocenters. The molecular weight excluding hydrogens is 324 g/mol. The van der Waals surface area contributed by atoms with Gasteiger partial charge in [0.25, 0.3) is 5.91 Å². The van der Waals surface area contributed by atoms with E-state index in [1.807, 2.05) is 44.2 Å². The zero-order valence-corrected chi connectivity index (χ0v) is 15.9. The van der Waals surface area contributed by atoms with E-state index in [9.17, 15) is 9.59 Å². The molecule has 2 amide bonds. The van der Waals surface area contributed by atoms with Gasteiger partial charge in [0, 0.05) is 24.3 Å². The molecule has 1 N–H and O–H groups in total. The van der Waals surface area contributed by atoms with Crippen molar-refractivity contribution in [2.24, 2.45) is 0 Å². The maximum absolute atomic E-state index is 12.7. The molecule has 138 valence electrons. The summed E-state index contributed by atoms with van der Waals surface area (Å²) in [5, 5.41) is 2.98. The van der Waals surface area contributed by atoms with Crippen molar-refractivity contribution in [2.75, 3.05) is 18.4 Å². The molecule has 0 saturated carbocycles. The van der Waals surface area contributed by atoms with Crippen LogP contribution in [0.15, 0.2) is 54.6 Å². The number of nitrogens with zero attached hydrogens (tertiary/aromatic N) is 1. The van der Waals surface area contributed by atoms with Crippen molar-refractivity contribution in [2.45, 2.75) is 39.5 Å². The summed E-state index contributed by atoms with van der Waals surface area (Å²) in [4.78, 5) is 26.9. The molecule has 26 heavy (non-hydrogen) atoms. The maximum atomic E-state index is 12.7. The van der Waals surface area contributed by atoms with Crippen molar-refractivity contribution < 1.29 is 9.59 Å². The Hall–Kier alpha value is -2.62. The van der Waals surface area contributed by atoms with E-state index in [0.717, 1.165) is 18.4 Å². The van der Waals surface area contributed by atoms with Gasteiger partial charge in [0.05, 0.1) is 5.92 Å². The molecule has 2 rings (SSSR count). The molecular formula is C22H28N2O2. The molecule has 0 bridgehead atoms. The van der Waals surface area contributed by atoms with Crippen LogP contribution in [0.3, 0.4) is 0 Å². The summed E-state index contributed by atoms with van der Waals surface area (Å²) in [6.07, 6.45) is 1.73. The van der Waals surface area contributed by atoms with Crippen LogP contribution >= 0.6 is 0 Å². The average molecular weight is 352 g/mol. The Labute approximate surface area is 156 Å². The number of benzene rings is 2. The van der Waals surface area contributed by atoms with Gasteiger partial charge < -0.3 is 10.2 Å². The number of carbonyl (C=O) groups excluding carboxylic acids is 2. The van der Waals surface area contributed by atoms with Crippen LogP contribution in [-0.2, 0) is 4.79 Å². The summed E-state index contributed by atoms with van der Waals surface area (Å²) in [5.74, 6) is -0.167. The Morgan fingerprint density at radius 3 is 2.08 bits per heavy atom. The molecule has 0 aromatic heterocycles. The number of nitrogens with one attached hydrogen (secondary N) is 1. The minimum atomic E-state index is -0.168. The fourth-order valence-corrected chi connectivity index (χ4v) is 3.04. The van der Waals surface area contributed by atoms with Crippen molar-refractivity contribution in [1.29, 1.82) is 0 Å². The summed E-state index contributed by atoms with van der Waals surface area (Å²) < 4.78 is 0. The van der Waals surface area contributed by atoms with Crippen LogP contribution < -0.4 is 5.32 Å². The lowest BCUT2D eigenvalue weighted by Crippen LogP contribution is -2.30.